The van der Waals surface area contributed by atoms with Crippen molar-refractivity contribution < 1.29 is 4.79 Å². The van der Waals surface area contributed by atoms with Gasteiger partial charge in [-0.1, -0.05) is 30.3 Å². The highest BCUT2D eigenvalue weighted by Crippen LogP contribution is 2.24. The number of nitrogens with two attached hydrogens (primary N) is 1. The lowest BCUT2D eigenvalue weighted by Gasteiger charge is -2.10. The van der Waals surface area contributed by atoms with Gasteiger partial charge in [0, 0.05) is 37.0 Å². The fourth-order valence-corrected chi connectivity index (χ4v) is 2.80. The van der Waals surface area contributed by atoms with Gasteiger partial charge in [0.05, 0.1) is 16.6 Å². The van der Waals surface area contributed by atoms with Crippen LogP contribution in [0, 0.1) is 6.92 Å². The number of amides is 1. The van der Waals surface area contributed by atoms with Crippen molar-refractivity contribution in [3.8, 4) is 0 Å². The molecular formula is C19H22N4O. The molecule has 1 amide bonds. The Morgan fingerprint density at radius 3 is 2.58 bits per heavy atom. The zero-order valence-electron chi connectivity index (χ0n) is 13.8. The number of carbonyl (C=O) groups is 1. The normalized spacial score (nSPS) is 11.1. The molecule has 1 aromatic heterocycles. The van der Waals surface area contributed by atoms with Crippen LogP contribution in [0.5, 0.6) is 0 Å². The van der Waals surface area contributed by atoms with Gasteiger partial charge in [0.25, 0.3) is 5.91 Å². The number of nitrogens with one attached hydrogen (secondary N) is 2. The number of aryl methyl sites for hydroxylation is 1. The van der Waals surface area contributed by atoms with Crippen LogP contribution in [0.1, 0.15) is 15.9 Å². The molecule has 0 aliphatic rings. The molecule has 0 saturated heterocycles. The van der Waals surface area contributed by atoms with Gasteiger partial charge in [0.1, 0.15) is 0 Å². The summed E-state index contributed by atoms with van der Waals surface area (Å²) in [6, 6.07) is 13.9. The minimum Gasteiger partial charge on any atom is -0.351 e. The molecule has 0 saturated carbocycles. The summed E-state index contributed by atoms with van der Waals surface area (Å²) in [5, 5.41) is 8.15. The molecule has 24 heavy (non-hydrogen) atoms. The molecular weight excluding hydrogens is 300 g/mol. The summed E-state index contributed by atoms with van der Waals surface area (Å²) < 4.78 is 0. The van der Waals surface area contributed by atoms with E-state index in [0.717, 1.165) is 33.9 Å². The van der Waals surface area contributed by atoms with E-state index in [2.05, 4.69) is 16.7 Å². The van der Waals surface area contributed by atoms with Crippen LogP contribution in [-0.2, 0) is 0 Å². The van der Waals surface area contributed by atoms with Crippen molar-refractivity contribution in [1.29, 1.82) is 0 Å². The van der Waals surface area contributed by atoms with Crippen LogP contribution >= 0.6 is 0 Å². The molecule has 124 valence electrons. The maximum atomic E-state index is 12.5. The summed E-state index contributed by atoms with van der Waals surface area (Å²) in [7, 11) is 0. The van der Waals surface area contributed by atoms with Crippen molar-refractivity contribution in [2.45, 2.75) is 6.92 Å². The zero-order valence-corrected chi connectivity index (χ0v) is 13.8. The highest BCUT2D eigenvalue weighted by molar-refractivity contribution is 6.07. The van der Waals surface area contributed by atoms with Crippen molar-refractivity contribution in [2.24, 2.45) is 5.73 Å². The van der Waals surface area contributed by atoms with E-state index in [9.17, 15) is 4.79 Å². The van der Waals surface area contributed by atoms with Crippen molar-refractivity contribution >= 4 is 27.7 Å². The molecule has 0 spiro atoms. The van der Waals surface area contributed by atoms with Gasteiger partial charge in [-0.15, -0.1) is 0 Å². The number of pyridine rings is 1. The molecule has 2 aromatic carbocycles. The van der Waals surface area contributed by atoms with Gasteiger partial charge in [-0.25, -0.2) is 4.98 Å². The largest absolute Gasteiger partial charge is 0.351 e. The Kier molecular flexibility index (Phi) is 5.03. The minimum absolute atomic E-state index is 0.101. The third kappa shape index (κ3) is 3.37. The first-order valence-corrected chi connectivity index (χ1v) is 8.19. The van der Waals surface area contributed by atoms with Gasteiger partial charge in [-0.2, -0.15) is 0 Å². The highest BCUT2D eigenvalue weighted by atomic mass is 16.1. The molecule has 3 aromatic rings. The molecule has 0 atom stereocenters. The van der Waals surface area contributed by atoms with Crippen molar-refractivity contribution in [3.63, 3.8) is 0 Å². The Bertz CT molecular complexity index is 876. The maximum absolute atomic E-state index is 12.5. The molecule has 0 radical (unpaired) electrons. The van der Waals surface area contributed by atoms with Crippen LogP contribution in [0.15, 0.2) is 42.5 Å². The molecule has 1 heterocycles. The van der Waals surface area contributed by atoms with Crippen molar-refractivity contribution in [3.05, 3.63) is 53.6 Å². The van der Waals surface area contributed by atoms with Gasteiger partial charge in [0.2, 0.25) is 0 Å². The topological polar surface area (TPSA) is 80.0 Å². The minimum atomic E-state index is -0.101. The van der Waals surface area contributed by atoms with Crippen LogP contribution in [0.3, 0.4) is 0 Å². The Balaban J connectivity index is 1.90. The average Bonchev–Trinajstić information content (AvgIpc) is 2.60. The van der Waals surface area contributed by atoms with E-state index in [1.165, 1.54) is 0 Å². The molecule has 0 fully saturated rings. The predicted octanol–water partition coefficient (Wildman–Crippen LogP) is 1.97. The van der Waals surface area contributed by atoms with Crippen LogP contribution in [0.4, 0.5) is 0 Å². The number of carbonyl (C=O) groups excluding carboxylic acids is 1. The fourth-order valence-electron chi connectivity index (χ4n) is 2.80. The summed E-state index contributed by atoms with van der Waals surface area (Å²) in [6.45, 7) is 4.63. The Morgan fingerprint density at radius 2 is 1.79 bits per heavy atom. The highest BCUT2D eigenvalue weighted by Gasteiger charge is 2.12. The number of hydrogen-bond acceptors (Lipinski definition) is 4. The Morgan fingerprint density at radius 1 is 1.04 bits per heavy atom. The van der Waals surface area contributed by atoms with Crippen molar-refractivity contribution in [1.82, 2.24) is 15.6 Å². The number of fused-ring (bicyclic) bond motifs is 2. The van der Waals surface area contributed by atoms with Crippen LogP contribution in [0.25, 0.3) is 21.8 Å². The van der Waals surface area contributed by atoms with Gasteiger partial charge < -0.3 is 16.4 Å². The lowest BCUT2D eigenvalue weighted by atomic mass is 10.0. The van der Waals surface area contributed by atoms with E-state index in [0.29, 0.717) is 25.2 Å². The first-order valence-electron chi connectivity index (χ1n) is 8.19. The molecule has 4 N–H and O–H groups in total. The standard InChI is InChI=1S/C19H22N4O/c1-13-4-2-5-14-12-15-6-3-7-16(18(15)23-17(13)14)19(24)22-11-10-21-9-8-20/h2-7,12,21H,8-11,20H2,1H3,(H,22,24). The third-order valence-corrected chi connectivity index (χ3v) is 4.02. The average molecular weight is 322 g/mol. The molecule has 3 rings (SSSR count). The first-order chi connectivity index (χ1) is 11.7. The predicted molar refractivity (Wildman–Crippen MR) is 98.2 cm³/mol. The first kappa shape index (κ1) is 16.4. The second-order valence-electron chi connectivity index (χ2n) is 5.81. The number of hydrogen-bond donors (Lipinski definition) is 3. The van der Waals surface area contributed by atoms with E-state index in [1.807, 2.05) is 43.3 Å². The van der Waals surface area contributed by atoms with Gasteiger partial charge in [-0.3, -0.25) is 4.79 Å². The van der Waals surface area contributed by atoms with Gasteiger partial charge >= 0.3 is 0 Å². The second kappa shape index (κ2) is 7.38. The maximum Gasteiger partial charge on any atom is 0.253 e. The smallest absolute Gasteiger partial charge is 0.253 e. The summed E-state index contributed by atoms with van der Waals surface area (Å²) in [5.41, 5.74) is 8.82. The lowest BCUT2D eigenvalue weighted by molar-refractivity contribution is 0.0955. The zero-order chi connectivity index (χ0) is 16.9. The number of para-hydroxylation sites is 2. The number of nitrogens with zero attached hydrogens (tertiary/aromatic N) is 1. The second-order valence-corrected chi connectivity index (χ2v) is 5.81. The summed E-state index contributed by atoms with van der Waals surface area (Å²) in [6.07, 6.45) is 0. The van der Waals surface area contributed by atoms with Crippen LogP contribution < -0.4 is 16.4 Å². The van der Waals surface area contributed by atoms with E-state index in [1.54, 1.807) is 0 Å². The van der Waals surface area contributed by atoms with E-state index in [-0.39, 0.29) is 5.91 Å². The van der Waals surface area contributed by atoms with Crippen LogP contribution in [-0.4, -0.2) is 37.1 Å². The monoisotopic (exact) mass is 322 g/mol. The Labute approximate surface area is 141 Å². The lowest BCUT2D eigenvalue weighted by Crippen LogP contribution is -2.33. The molecule has 5 heteroatoms. The molecule has 5 nitrogen and oxygen atoms in total. The third-order valence-electron chi connectivity index (χ3n) is 4.02. The summed E-state index contributed by atoms with van der Waals surface area (Å²) in [4.78, 5) is 17.3. The molecule has 0 aliphatic heterocycles. The van der Waals surface area contributed by atoms with E-state index < -0.39 is 0 Å². The SMILES string of the molecule is Cc1cccc2cc3cccc(C(=O)NCCNCCN)c3nc12. The quantitative estimate of drug-likeness (QED) is 0.479. The van der Waals surface area contributed by atoms with E-state index in [4.69, 9.17) is 10.7 Å². The number of aromatic nitrogens is 1. The van der Waals surface area contributed by atoms with Gasteiger partial charge in [0.15, 0.2) is 0 Å². The number of benzene rings is 2. The summed E-state index contributed by atoms with van der Waals surface area (Å²) >= 11 is 0. The van der Waals surface area contributed by atoms with Gasteiger partial charge in [-0.05, 0) is 24.6 Å². The Hall–Kier alpha value is -2.50. The summed E-state index contributed by atoms with van der Waals surface area (Å²) in [5.74, 6) is -0.101. The number of rotatable bonds is 6. The van der Waals surface area contributed by atoms with Crippen LogP contribution in [0.2, 0.25) is 0 Å². The molecule has 0 bridgehead atoms. The van der Waals surface area contributed by atoms with E-state index >= 15 is 0 Å². The van der Waals surface area contributed by atoms with Crippen molar-refractivity contribution in [2.75, 3.05) is 26.2 Å². The molecule has 0 unspecified atom stereocenters. The molecule has 0 aliphatic carbocycles. The fraction of sp³-hybridized carbons (Fsp3) is 0.263.